The van der Waals surface area contributed by atoms with E-state index in [-0.39, 0.29) is 30.8 Å². The fraction of sp³-hybridized carbons (Fsp3) is 0.268. The Morgan fingerprint density at radius 1 is 0.898 bits per heavy atom. The lowest BCUT2D eigenvalue weighted by molar-refractivity contribution is -0.253. The van der Waals surface area contributed by atoms with Gasteiger partial charge in [-0.1, -0.05) is 103 Å². The van der Waals surface area contributed by atoms with Crippen LogP contribution in [-0.2, 0) is 22.6 Å². The first-order chi connectivity index (χ1) is 23.9. The van der Waals surface area contributed by atoms with Gasteiger partial charge in [0.05, 0.1) is 30.5 Å². The summed E-state index contributed by atoms with van der Waals surface area (Å²) in [4.78, 5) is 18.9. The van der Waals surface area contributed by atoms with Gasteiger partial charge in [0.15, 0.2) is 6.29 Å². The molecule has 6 rings (SSSR count). The van der Waals surface area contributed by atoms with Gasteiger partial charge >= 0.3 is 0 Å². The van der Waals surface area contributed by atoms with Crippen LogP contribution in [0.3, 0.4) is 0 Å². The zero-order valence-electron chi connectivity index (χ0n) is 27.9. The Morgan fingerprint density at radius 2 is 1.61 bits per heavy atom. The number of likely N-dealkylation sites (N-methyl/N-ethyl adjacent to an activating group) is 1. The molecular formula is C41H43N3O5. The molecule has 0 radical (unpaired) electrons. The standard InChI is InChI=1S/C41H43N3O5/c1-28(39(46)32-9-4-3-5-10-32)44(2)26-36-23-38(31-16-14-29(27-45)15-17-31)49-41(48-36)33-20-18-30(19-21-33)37-13-7-6-11-34(37)25-43-40(47)35-12-8-22-42-24-35/h3-22,24,28,36,38-39,41,45-46H,23,25-27H2,1-2H3,(H,43,47). The molecule has 1 aromatic heterocycles. The lowest BCUT2D eigenvalue weighted by atomic mass is 9.97. The Bertz CT molecular complexity index is 1780. The zero-order valence-corrected chi connectivity index (χ0v) is 27.9. The van der Waals surface area contributed by atoms with Gasteiger partial charge in [0.2, 0.25) is 0 Å². The number of hydrogen-bond acceptors (Lipinski definition) is 7. The molecule has 1 aliphatic heterocycles. The highest BCUT2D eigenvalue weighted by Crippen LogP contribution is 2.39. The fourth-order valence-corrected chi connectivity index (χ4v) is 6.24. The number of aliphatic hydroxyl groups excluding tert-OH is 2. The molecule has 5 atom stereocenters. The van der Waals surface area contributed by atoms with Crippen molar-refractivity contribution in [2.24, 2.45) is 0 Å². The van der Waals surface area contributed by atoms with Gasteiger partial charge in [0.25, 0.3) is 5.91 Å². The summed E-state index contributed by atoms with van der Waals surface area (Å²) in [5, 5.41) is 23.7. The summed E-state index contributed by atoms with van der Waals surface area (Å²) in [5.74, 6) is -0.172. The summed E-state index contributed by atoms with van der Waals surface area (Å²) < 4.78 is 13.2. The van der Waals surface area contributed by atoms with Crippen molar-refractivity contribution in [3.8, 4) is 11.1 Å². The molecule has 1 aliphatic rings. The highest BCUT2D eigenvalue weighted by molar-refractivity contribution is 5.93. The number of hydrogen-bond donors (Lipinski definition) is 3. The largest absolute Gasteiger partial charge is 0.392 e. The van der Waals surface area contributed by atoms with Gasteiger partial charge in [0.1, 0.15) is 0 Å². The molecule has 8 nitrogen and oxygen atoms in total. The molecule has 49 heavy (non-hydrogen) atoms. The molecule has 1 amide bonds. The van der Waals surface area contributed by atoms with Gasteiger partial charge in [-0.3, -0.25) is 14.7 Å². The number of ether oxygens (including phenoxy) is 2. The SMILES string of the molecule is CC(C(O)c1ccccc1)N(C)CC1CC(c2ccc(CO)cc2)OC(c2ccc(-c3ccccc3CNC(=O)c3cccnc3)cc2)O1. The lowest BCUT2D eigenvalue weighted by Crippen LogP contribution is -2.43. The molecule has 2 heterocycles. The van der Waals surface area contributed by atoms with Gasteiger partial charge in [-0.25, -0.2) is 0 Å². The van der Waals surface area contributed by atoms with E-state index >= 15 is 0 Å². The summed E-state index contributed by atoms with van der Waals surface area (Å²) in [6.45, 7) is 3.00. The molecule has 0 saturated carbocycles. The minimum atomic E-state index is -0.636. The molecule has 3 N–H and O–H groups in total. The van der Waals surface area contributed by atoms with E-state index in [9.17, 15) is 15.0 Å². The molecule has 0 aliphatic carbocycles. The van der Waals surface area contributed by atoms with Crippen LogP contribution in [0.15, 0.2) is 128 Å². The number of benzene rings is 4. The van der Waals surface area contributed by atoms with Crippen LogP contribution in [0, 0.1) is 0 Å². The monoisotopic (exact) mass is 657 g/mol. The third-order valence-corrected chi connectivity index (χ3v) is 9.27. The molecule has 1 fully saturated rings. The van der Waals surface area contributed by atoms with Crippen molar-refractivity contribution in [3.63, 3.8) is 0 Å². The first-order valence-corrected chi connectivity index (χ1v) is 16.7. The van der Waals surface area contributed by atoms with E-state index in [4.69, 9.17) is 9.47 Å². The third kappa shape index (κ3) is 8.48. The van der Waals surface area contributed by atoms with Gasteiger partial charge < -0.3 is 25.0 Å². The normalized spacial score (nSPS) is 18.9. The number of carbonyl (C=O) groups excluding carboxylic acids is 1. The zero-order chi connectivity index (χ0) is 34.2. The lowest BCUT2D eigenvalue weighted by Gasteiger charge is -2.39. The van der Waals surface area contributed by atoms with E-state index in [0.29, 0.717) is 25.1 Å². The molecular weight excluding hydrogens is 614 g/mol. The second-order valence-electron chi connectivity index (χ2n) is 12.6. The number of amides is 1. The Hall–Kier alpha value is -4.70. The number of aliphatic hydroxyl groups is 2. The van der Waals surface area contributed by atoms with E-state index in [1.165, 1.54) is 0 Å². The average Bonchev–Trinajstić information content (AvgIpc) is 3.17. The topological polar surface area (TPSA) is 104 Å². The minimum Gasteiger partial charge on any atom is -0.392 e. The molecule has 5 aromatic rings. The first kappa shape index (κ1) is 34.2. The smallest absolute Gasteiger partial charge is 0.253 e. The van der Waals surface area contributed by atoms with Crippen molar-refractivity contribution < 1.29 is 24.5 Å². The Balaban J connectivity index is 1.19. The summed E-state index contributed by atoms with van der Waals surface area (Å²) in [6.07, 6.45) is 2.22. The number of carbonyl (C=O) groups is 1. The van der Waals surface area contributed by atoms with E-state index in [0.717, 1.165) is 38.9 Å². The number of rotatable bonds is 12. The van der Waals surface area contributed by atoms with Crippen molar-refractivity contribution >= 4 is 5.91 Å². The van der Waals surface area contributed by atoms with Crippen LogP contribution in [-0.4, -0.2) is 51.7 Å². The molecule has 5 unspecified atom stereocenters. The molecule has 0 spiro atoms. The van der Waals surface area contributed by atoms with Crippen LogP contribution in [0.2, 0.25) is 0 Å². The fourth-order valence-electron chi connectivity index (χ4n) is 6.24. The number of nitrogens with zero attached hydrogens (tertiary/aromatic N) is 2. The second kappa shape index (κ2) is 16.1. The highest BCUT2D eigenvalue weighted by atomic mass is 16.7. The maximum absolute atomic E-state index is 12.7. The van der Waals surface area contributed by atoms with Gasteiger partial charge in [0, 0.05) is 43.5 Å². The molecule has 0 bridgehead atoms. The molecule has 4 aromatic carbocycles. The number of nitrogens with one attached hydrogen (secondary N) is 1. The van der Waals surface area contributed by atoms with Crippen molar-refractivity contribution in [2.45, 2.75) is 57.1 Å². The van der Waals surface area contributed by atoms with Crippen LogP contribution in [0.4, 0.5) is 0 Å². The van der Waals surface area contributed by atoms with Crippen molar-refractivity contribution in [1.82, 2.24) is 15.2 Å². The molecule has 8 heteroatoms. The predicted molar refractivity (Wildman–Crippen MR) is 189 cm³/mol. The third-order valence-electron chi connectivity index (χ3n) is 9.27. The van der Waals surface area contributed by atoms with Crippen LogP contribution in [0.25, 0.3) is 11.1 Å². The van der Waals surface area contributed by atoms with Crippen LogP contribution in [0.5, 0.6) is 0 Å². The summed E-state index contributed by atoms with van der Waals surface area (Å²) >= 11 is 0. The van der Waals surface area contributed by atoms with Crippen molar-refractivity contribution in [2.75, 3.05) is 13.6 Å². The second-order valence-corrected chi connectivity index (χ2v) is 12.6. The van der Waals surface area contributed by atoms with E-state index in [2.05, 4.69) is 33.4 Å². The first-order valence-electron chi connectivity index (χ1n) is 16.7. The maximum atomic E-state index is 12.7. The highest BCUT2D eigenvalue weighted by Gasteiger charge is 2.34. The van der Waals surface area contributed by atoms with Crippen LogP contribution >= 0.6 is 0 Å². The van der Waals surface area contributed by atoms with Crippen molar-refractivity contribution in [1.29, 1.82) is 0 Å². The molecule has 252 valence electrons. The summed E-state index contributed by atoms with van der Waals surface area (Å²) in [5.41, 5.74) is 7.21. The number of pyridine rings is 1. The summed E-state index contributed by atoms with van der Waals surface area (Å²) in [6, 6.07) is 37.2. The molecule has 1 saturated heterocycles. The van der Waals surface area contributed by atoms with Crippen molar-refractivity contribution in [3.05, 3.63) is 161 Å². The van der Waals surface area contributed by atoms with Gasteiger partial charge in [-0.05, 0) is 59.5 Å². The Labute approximate surface area is 288 Å². The van der Waals surface area contributed by atoms with E-state index < -0.39 is 12.4 Å². The van der Waals surface area contributed by atoms with Gasteiger partial charge in [-0.15, -0.1) is 0 Å². The van der Waals surface area contributed by atoms with E-state index in [1.807, 2.05) is 98.9 Å². The Morgan fingerprint density at radius 3 is 2.33 bits per heavy atom. The van der Waals surface area contributed by atoms with Crippen LogP contribution in [0.1, 0.15) is 70.0 Å². The summed E-state index contributed by atoms with van der Waals surface area (Å²) in [7, 11) is 2.01. The maximum Gasteiger partial charge on any atom is 0.253 e. The average molecular weight is 658 g/mol. The van der Waals surface area contributed by atoms with Crippen LogP contribution < -0.4 is 5.32 Å². The predicted octanol–water partition coefficient (Wildman–Crippen LogP) is 6.77. The minimum absolute atomic E-state index is 0.0149. The van der Waals surface area contributed by atoms with Gasteiger partial charge in [-0.2, -0.15) is 0 Å². The quantitative estimate of drug-likeness (QED) is 0.136. The number of aromatic nitrogens is 1. The Kier molecular flexibility index (Phi) is 11.3. The van der Waals surface area contributed by atoms with E-state index in [1.54, 1.807) is 24.5 Å².